The van der Waals surface area contributed by atoms with Gasteiger partial charge in [-0.15, -0.1) is 11.8 Å². The first-order valence-corrected chi connectivity index (χ1v) is 13.9. The summed E-state index contributed by atoms with van der Waals surface area (Å²) in [6.45, 7) is 4.87. The number of urea groups is 1. The van der Waals surface area contributed by atoms with Crippen molar-refractivity contribution in [2.75, 3.05) is 12.3 Å². The summed E-state index contributed by atoms with van der Waals surface area (Å²) in [6.07, 6.45) is -1.12. The van der Waals surface area contributed by atoms with Crippen LogP contribution in [0.1, 0.15) is 58.9 Å². The molecule has 3 aromatic rings. The molecule has 0 radical (unpaired) electrons. The van der Waals surface area contributed by atoms with Crippen molar-refractivity contribution in [1.82, 2.24) is 10.6 Å². The summed E-state index contributed by atoms with van der Waals surface area (Å²) < 4.78 is 13.0. The number of hydrogen-bond acceptors (Lipinski definition) is 6. The number of carbonyl (C=O) groups is 2. The van der Waals surface area contributed by atoms with Gasteiger partial charge in [-0.05, 0) is 35.7 Å². The third-order valence-corrected chi connectivity index (χ3v) is 7.85. The van der Waals surface area contributed by atoms with Gasteiger partial charge in [0.15, 0.2) is 6.29 Å². The van der Waals surface area contributed by atoms with E-state index in [-0.39, 0.29) is 36.3 Å². The third kappa shape index (κ3) is 7.39. The van der Waals surface area contributed by atoms with E-state index < -0.39 is 12.3 Å². The van der Waals surface area contributed by atoms with Gasteiger partial charge >= 0.3 is 12.0 Å². The van der Waals surface area contributed by atoms with Crippen molar-refractivity contribution in [2.24, 2.45) is 5.92 Å². The smallest absolute Gasteiger partial charge is 0.336 e. The molecule has 8 nitrogen and oxygen atoms in total. The van der Waals surface area contributed by atoms with Crippen molar-refractivity contribution in [3.8, 4) is 0 Å². The van der Waals surface area contributed by atoms with Crippen LogP contribution in [0.25, 0.3) is 0 Å². The van der Waals surface area contributed by atoms with Crippen molar-refractivity contribution in [3.63, 3.8) is 0 Å². The quantitative estimate of drug-likeness (QED) is 0.254. The van der Waals surface area contributed by atoms with Gasteiger partial charge in [0.05, 0.1) is 24.4 Å². The average Bonchev–Trinajstić information content (AvgIpc) is 2.96. The van der Waals surface area contributed by atoms with E-state index >= 15 is 0 Å². The Hall–Kier alpha value is -3.37. The highest BCUT2D eigenvalue weighted by Gasteiger charge is 2.38. The number of carbonyl (C=O) groups excluding carboxylic acids is 1. The molecule has 1 heterocycles. The summed E-state index contributed by atoms with van der Waals surface area (Å²) >= 11 is 1.46. The molecule has 206 valence electrons. The van der Waals surface area contributed by atoms with Gasteiger partial charge in [-0.25, -0.2) is 9.59 Å². The number of ether oxygens (including phenoxy) is 2. The first kappa shape index (κ1) is 28.6. The first-order chi connectivity index (χ1) is 18.9. The second-order valence-corrected chi connectivity index (χ2v) is 10.5. The Bertz CT molecular complexity index is 1250. The normalized spacial score (nSPS) is 20.8. The Kier molecular flexibility index (Phi) is 10.00. The second kappa shape index (κ2) is 13.6. The number of nitrogens with one attached hydrogen (secondary N) is 2. The molecular weight excluding hydrogens is 516 g/mol. The van der Waals surface area contributed by atoms with Crippen LogP contribution in [-0.2, 0) is 22.6 Å². The number of aromatic carboxylic acids is 1. The summed E-state index contributed by atoms with van der Waals surface area (Å²) in [7, 11) is 0. The number of thioether (sulfide) groups is 1. The number of rotatable bonds is 10. The van der Waals surface area contributed by atoms with Crippen LogP contribution in [0.4, 0.5) is 4.79 Å². The van der Waals surface area contributed by atoms with Gasteiger partial charge in [0.1, 0.15) is 0 Å². The van der Waals surface area contributed by atoms with Crippen molar-refractivity contribution in [2.45, 2.75) is 50.4 Å². The maximum absolute atomic E-state index is 11.7. The largest absolute Gasteiger partial charge is 0.478 e. The minimum atomic E-state index is -0.958. The number of carboxylic acids is 1. The van der Waals surface area contributed by atoms with Gasteiger partial charge in [0, 0.05) is 35.2 Å². The fourth-order valence-electron chi connectivity index (χ4n) is 4.45. The lowest BCUT2D eigenvalue weighted by molar-refractivity contribution is -0.268. The third-order valence-electron chi connectivity index (χ3n) is 6.69. The highest BCUT2D eigenvalue weighted by Crippen LogP contribution is 2.43. The summed E-state index contributed by atoms with van der Waals surface area (Å²) in [5.74, 6) is -0.433. The number of benzene rings is 3. The molecule has 0 aliphatic carbocycles. The summed E-state index contributed by atoms with van der Waals surface area (Å²) in [5, 5.41) is 24.6. The molecule has 0 unspecified atom stereocenters. The lowest BCUT2D eigenvalue weighted by Crippen LogP contribution is -2.38. The Labute approximate surface area is 232 Å². The monoisotopic (exact) mass is 550 g/mol. The zero-order valence-corrected chi connectivity index (χ0v) is 22.8. The van der Waals surface area contributed by atoms with E-state index in [4.69, 9.17) is 9.47 Å². The van der Waals surface area contributed by atoms with Crippen LogP contribution >= 0.6 is 11.8 Å². The minimum Gasteiger partial charge on any atom is -0.478 e. The van der Waals surface area contributed by atoms with Gasteiger partial charge in [-0.2, -0.15) is 0 Å². The van der Waals surface area contributed by atoms with Crippen molar-refractivity contribution < 1.29 is 29.3 Å². The molecule has 3 aromatic carbocycles. The summed E-state index contributed by atoms with van der Waals surface area (Å²) in [5.41, 5.74) is 3.87. The van der Waals surface area contributed by atoms with Gasteiger partial charge in [-0.1, -0.05) is 67.6 Å². The Morgan fingerprint density at radius 2 is 1.56 bits per heavy atom. The zero-order chi connectivity index (χ0) is 27.8. The number of hydrogen-bond donors (Lipinski definition) is 4. The molecular formula is C30H34N2O6S. The minimum absolute atomic E-state index is 0.0220. The summed E-state index contributed by atoms with van der Waals surface area (Å²) in [4.78, 5) is 24.1. The van der Waals surface area contributed by atoms with E-state index in [1.165, 1.54) is 11.8 Å². The van der Waals surface area contributed by atoms with Crippen LogP contribution < -0.4 is 10.6 Å². The van der Waals surface area contributed by atoms with Gasteiger partial charge in [0.25, 0.3) is 0 Å². The maximum Gasteiger partial charge on any atom is 0.336 e. The van der Waals surface area contributed by atoms with Crippen molar-refractivity contribution in [1.29, 1.82) is 0 Å². The van der Waals surface area contributed by atoms with E-state index in [0.717, 1.165) is 22.3 Å². The molecule has 0 bridgehead atoms. The first-order valence-electron chi connectivity index (χ1n) is 13.0. The fraction of sp³-hybridized carbons (Fsp3) is 0.333. The van der Waals surface area contributed by atoms with Crippen LogP contribution in [0.2, 0.25) is 0 Å². The molecule has 4 rings (SSSR count). The van der Waals surface area contributed by atoms with E-state index in [1.54, 1.807) is 12.1 Å². The highest BCUT2D eigenvalue weighted by atomic mass is 32.2. The predicted octanol–water partition coefficient (Wildman–Crippen LogP) is 5.28. The highest BCUT2D eigenvalue weighted by molar-refractivity contribution is 7.99. The van der Waals surface area contributed by atoms with Crippen LogP contribution in [0.5, 0.6) is 0 Å². The van der Waals surface area contributed by atoms with Gasteiger partial charge in [-0.3, -0.25) is 0 Å². The molecule has 0 spiro atoms. The number of amides is 2. The van der Waals surface area contributed by atoms with Crippen LogP contribution in [0.15, 0.2) is 77.7 Å². The van der Waals surface area contributed by atoms with E-state index in [2.05, 4.69) is 17.6 Å². The van der Waals surface area contributed by atoms with Crippen LogP contribution in [0, 0.1) is 5.92 Å². The molecule has 0 aromatic heterocycles. The molecule has 1 saturated heterocycles. The summed E-state index contributed by atoms with van der Waals surface area (Å²) in [6, 6.07) is 22.2. The number of aliphatic hydroxyl groups is 1. The molecule has 4 N–H and O–H groups in total. The molecule has 1 aliphatic heterocycles. The average molecular weight is 551 g/mol. The molecule has 1 aliphatic rings. The Morgan fingerprint density at radius 1 is 0.897 bits per heavy atom. The van der Waals surface area contributed by atoms with Crippen molar-refractivity contribution in [3.05, 3.63) is 101 Å². The lowest BCUT2D eigenvalue weighted by atomic mass is 9.91. The second-order valence-electron chi connectivity index (χ2n) is 9.39. The standard InChI is InChI=1S/C30H34N2O6S/c1-3-31-30(36)32-16-20-8-14-23(15-9-20)29-37-25(18-39-26-7-5-4-6-24(26)28(34)35)19(2)27(38-29)22-12-10-21(17-33)11-13-22/h4-15,19,25,27,29,33H,3,16-18H2,1-2H3,(H,34,35)(H2,31,32,36)/t19-,25+,27+,29+/m1/s1. The molecule has 39 heavy (non-hydrogen) atoms. The zero-order valence-electron chi connectivity index (χ0n) is 22.0. The SMILES string of the molecule is CCNC(=O)NCc1ccc([C@H]2O[C@@H](CSc3ccccc3C(=O)O)[C@@H](C)[C@@H](c3ccc(CO)cc3)O2)cc1. The Morgan fingerprint density at radius 3 is 2.23 bits per heavy atom. The molecule has 1 fully saturated rings. The van der Waals surface area contributed by atoms with Crippen LogP contribution in [0.3, 0.4) is 0 Å². The molecule has 0 saturated carbocycles. The molecule has 2 amide bonds. The van der Waals surface area contributed by atoms with E-state index in [0.29, 0.717) is 23.7 Å². The maximum atomic E-state index is 11.7. The topological polar surface area (TPSA) is 117 Å². The number of aliphatic hydroxyl groups excluding tert-OH is 1. The van der Waals surface area contributed by atoms with Crippen molar-refractivity contribution >= 4 is 23.8 Å². The number of carboxylic acid groups (broad SMARTS) is 1. The molecule has 4 atom stereocenters. The Balaban J connectivity index is 1.54. The van der Waals surface area contributed by atoms with E-state index in [1.807, 2.05) is 67.6 Å². The lowest BCUT2D eigenvalue weighted by Gasteiger charge is -2.41. The fourth-order valence-corrected chi connectivity index (χ4v) is 5.66. The molecule has 9 heteroatoms. The van der Waals surface area contributed by atoms with Gasteiger partial charge in [0.2, 0.25) is 0 Å². The van der Waals surface area contributed by atoms with E-state index in [9.17, 15) is 19.8 Å². The predicted molar refractivity (Wildman–Crippen MR) is 149 cm³/mol. The van der Waals surface area contributed by atoms with Gasteiger partial charge < -0.3 is 30.3 Å². The van der Waals surface area contributed by atoms with Crippen LogP contribution in [-0.4, -0.2) is 40.6 Å².